The zero-order chi connectivity index (χ0) is 20.1. The summed E-state index contributed by atoms with van der Waals surface area (Å²) in [6.07, 6.45) is 1.64. The maximum atomic E-state index is 12.8. The Morgan fingerprint density at radius 2 is 1.89 bits per heavy atom. The number of carbonyl (C=O) groups is 3. The van der Waals surface area contributed by atoms with Gasteiger partial charge in [0.25, 0.3) is 5.91 Å². The average Bonchev–Trinajstić information content (AvgIpc) is 2.90. The molecule has 0 aliphatic carbocycles. The molecule has 146 valence electrons. The molecule has 1 aliphatic heterocycles. The van der Waals surface area contributed by atoms with Crippen LogP contribution in [0.2, 0.25) is 0 Å². The molecule has 2 N–H and O–H groups in total. The fraction of sp³-hybridized carbons (Fsp3) is 0.286. The van der Waals surface area contributed by atoms with Crippen LogP contribution in [0.15, 0.2) is 59.1 Å². The minimum absolute atomic E-state index is 0.292. The molecule has 0 aromatic heterocycles. The third-order valence-corrected chi connectivity index (χ3v) is 5.28. The summed E-state index contributed by atoms with van der Waals surface area (Å²) in [7, 11) is 0. The van der Waals surface area contributed by atoms with Gasteiger partial charge in [0.1, 0.15) is 12.1 Å². The third-order valence-electron chi connectivity index (χ3n) is 4.79. The van der Waals surface area contributed by atoms with Crippen LogP contribution in [0.4, 0.5) is 4.79 Å². The van der Waals surface area contributed by atoms with Crippen LogP contribution in [0.3, 0.4) is 0 Å². The highest BCUT2D eigenvalue weighted by Crippen LogP contribution is 2.30. The SMILES string of the molecule is CC1(c2cccc(Br)c2)NC(=O)N(CC(=O)NCCCc2ccccc2)C1=O. The number of carbonyl (C=O) groups excluding carboxylic acids is 3. The Labute approximate surface area is 172 Å². The summed E-state index contributed by atoms with van der Waals surface area (Å²) in [6, 6.07) is 16.6. The molecule has 3 rings (SSSR count). The summed E-state index contributed by atoms with van der Waals surface area (Å²) in [5.74, 6) is -0.787. The summed E-state index contributed by atoms with van der Waals surface area (Å²) in [4.78, 5) is 38.3. The van der Waals surface area contributed by atoms with Gasteiger partial charge in [0.15, 0.2) is 0 Å². The molecule has 1 saturated heterocycles. The molecule has 28 heavy (non-hydrogen) atoms. The van der Waals surface area contributed by atoms with E-state index < -0.39 is 17.5 Å². The highest BCUT2D eigenvalue weighted by molar-refractivity contribution is 9.10. The van der Waals surface area contributed by atoms with Crippen molar-refractivity contribution in [3.63, 3.8) is 0 Å². The summed E-state index contributed by atoms with van der Waals surface area (Å²) in [6.45, 7) is 1.84. The van der Waals surface area contributed by atoms with E-state index in [1.165, 1.54) is 5.56 Å². The predicted octanol–water partition coefficient (Wildman–Crippen LogP) is 2.97. The van der Waals surface area contributed by atoms with Crippen molar-refractivity contribution in [1.82, 2.24) is 15.5 Å². The van der Waals surface area contributed by atoms with Gasteiger partial charge in [-0.25, -0.2) is 4.79 Å². The van der Waals surface area contributed by atoms with E-state index in [1.54, 1.807) is 25.1 Å². The molecule has 2 aromatic carbocycles. The number of hydrogen-bond donors (Lipinski definition) is 2. The maximum absolute atomic E-state index is 12.8. The summed E-state index contributed by atoms with van der Waals surface area (Å²) in [5, 5.41) is 5.48. The number of nitrogens with zero attached hydrogens (tertiary/aromatic N) is 1. The van der Waals surface area contributed by atoms with Crippen LogP contribution in [0.5, 0.6) is 0 Å². The van der Waals surface area contributed by atoms with Gasteiger partial charge in [-0.1, -0.05) is 58.4 Å². The zero-order valence-electron chi connectivity index (χ0n) is 15.6. The molecule has 4 amide bonds. The smallest absolute Gasteiger partial charge is 0.325 e. The van der Waals surface area contributed by atoms with Crippen LogP contribution < -0.4 is 10.6 Å². The number of amides is 4. The predicted molar refractivity (Wildman–Crippen MR) is 110 cm³/mol. The molecule has 7 heteroatoms. The lowest BCUT2D eigenvalue weighted by Gasteiger charge is -2.22. The number of hydrogen-bond acceptors (Lipinski definition) is 3. The fourth-order valence-electron chi connectivity index (χ4n) is 3.20. The number of aryl methyl sites for hydroxylation is 1. The number of rotatable bonds is 7. The van der Waals surface area contributed by atoms with Gasteiger partial charge in [-0.3, -0.25) is 14.5 Å². The molecular weight excluding hydrogens is 422 g/mol. The van der Waals surface area contributed by atoms with E-state index >= 15 is 0 Å². The minimum Gasteiger partial charge on any atom is -0.355 e. The molecule has 1 fully saturated rings. The monoisotopic (exact) mass is 443 g/mol. The van der Waals surface area contributed by atoms with Crippen LogP contribution in [-0.4, -0.2) is 35.8 Å². The van der Waals surface area contributed by atoms with Gasteiger partial charge in [0, 0.05) is 11.0 Å². The van der Waals surface area contributed by atoms with Gasteiger partial charge in [0.2, 0.25) is 5.91 Å². The average molecular weight is 444 g/mol. The van der Waals surface area contributed by atoms with Crippen molar-refractivity contribution in [3.8, 4) is 0 Å². The molecule has 6 nitrogen and oxygen atoms in total. The molecule has 2 aromatic rings. The van der Waals surface area contributed by atoms with Crippen molar-refractivity contribution < 1.29 is 14.4 Å². The topological polar surface area (TPSA) is 78.5 Å². The third kappa shape index (κ3) is 4.42. The molecule has 1 atom stereocenters. The van der Waals surface area contributed by atoms with Crippen LogP contribution >= 0.6 is 15.9 Å². The Kier molecular flexibility index (Phi) is 6.14. The van der Waals surface area contributed by atoms with E-state index in [1.807, 2.05) is 36.4 Å². The van der Waals surface area contributed by atoms with Crippen LogP contribution in [0.25, 0.3) is 0 Å². The van der Waals surface area contributed by atoms with E-state index in [0.29, 0.717) is 12.1 Å². The second-order valence-corrected chi connectivity index (χ2v) is 7.81. The standard InChI is InChI=1S/C21H22BrN3O3/c1-21(16-10-5-11-17(22)13-16)19(27)25(20(28)24-21)14-18(26)23-12-6-9-15-7-3-2-4-8-15/h2-5,7-8,10-11,13H,6,9,12,14H2,1H3,(H,23,26)(H,24,28). The summed E-state index contributed by atoms with van der Waals surface area (Å²) in [5.41, 5.74) is 0.677. The van der Waals surface area contributed by atoms with Crippen LogP contribution in [0.1, 0.15) is 24.5 Å². The minimum atomic E-state index is -1.19. The van der Waals surface area contributed by atoms with E-state index in [-0.39, 0.29) is 12.5 Å². The number of benzene rings is 2. The van der Waals surface area contributed by atoms with Crippen molar-refractivity contribution in [2.45, 2.75) is 25.3 Å². The molecule has 0 bridgehead atoms. The van der Waals surface area contributed by atoms with Gasteiger partial charge >= 0.3 is 6.03 Å². The molecule has 1 aliphatic rings. The first-order valence-corrected chi connectivity index (χ1v) is 9.90. The second-order valence-electron chi connectivity index (χ2n) is 6.90. The first-order chi connectivity index (χ1) is 13.4. The Hall–Kier alpha value is -2.67. The number of urea groups is 1. The Morgan fingerprint density at radius 1 is 1.14 bits per heavy atom. The van der Waals surface area contributed by atoms with Crippen LogP contribution in [-0.2, 0) is 21.5 Å². The van der Waals surface area contributed by atoms with Crippen molar-refractivity contribution in [2.24, 2.45) is 0 Å². The van der Waals surface area contributed by atoms with Gasteiger partial charge in [-0.2, -0.15) is 0 Å². The van der Waals surface area contributed by atoms with Crippen molar-refractivity contribution in [3.05, 3.63) is 70.2 Å². The van der Waals surface area contributed by atoms with Crippen LogP contribution in [0, 0.1) is 0 Å². The van der Waals surface area contributed by atoms with E-state index in [4.69, 9.17) is 0 Å². The lowest BCUT2D eigenvalue weighted by atomic mass is 9.92. The second kappa shape index (κ2) is 8.56. The molecule has 0 saturated carbocycles. The normalized spacial score (nSPS) is 18.9. The van der Waals surface area contributed by atoms with Crippen molar-refractivity contribution in [2.75, 3.05) is 13.1 Å². The van der Waals surface area contributed by atoms with Gasteiger partial charge < -0.3 is 10.6 Å². The first-order valence-electron chi connectivity index (χ1n) is 9.11. The highest BCUT2D eigenvalue weighted by atomic mass is 79.9. The number of nitrogens with one attached hydrogen (secondary N) is 2. The van der Waals surface area contributed by atoms with E-state index in [2.05, 4.69) is 26.6 Å². The van der Waals surface area contributed by atoms with Crippen molar-refractivity contribution >= 4 is 33.8 Å². The summed E-state index contributed by atoms with van der Waals surface area (Å²) >= 11 is 3.37. The quantitative estimate of drug-likeness (QED) is 0.509. The summed E-state index contributed by atoms with van der Waals surface area (Å²) < 4.78 is 0.808. The number of imide groups is 1. The van der Waals surface area contributed by atoms with E-state index in [0.717, 1.165) is 22.2 Å². The Balaban J connectivity index is 1.54. The molecule has 1 heterocycles. The highest BCUT2D eigenvalue weighted by Gasteiger charge is 2.49. The molecule has 1 unspecified atom stereocenters. The fourth-order valence-corrected chi connectivity index (χ4v) is 3.60. The van der Waals surface area contributed by atoms with Gasteiger partial charge in [-0.15, -0.1) is 0 Å². The molecular formula is C21H22BrN3O3. The van der Waals surface area contributed by atoms with Crippen molar-refractivity contribution in [1.29, 1.82) is 0 Å². The Bertz CT molecular complexity index is 887. The molecule has 0 radical (unpaired) electrons. The lowest BCUT2D eigenvalue weighted by Crippen LogP contribution is -2.43. The number of halogens is 1. The van der Waals surface area contributed by atoms with E-state index in [9.17, 15) is 14.4 Å². The molecule has 0 spiro atoms. The maximum Gasteiger partial charge on any atom is 0.325 e. The van der Waals surface area contributed by atoms with Gasteiger partial charge in [0.05, 0.1) is 0 Å². The largest absolute Gasteiger partial charge is 0.355 e. The zero-order valence-corrected chi connectivity index (χ0v) is 17.2. The lowest BCUT2D eigenvalue weighted by molar-refractivity contribution is -0.134. The first kappa shape index (κ1) is 20.1. The Morgan fingerprint density at radius 3 is 2.61 bits per heavy atom. The van der Waals surface area contributed by atoms with Gasteiger partial charge in [-0.05, 0) is 43.0 Å².